The maximum Gasteiger partial charge on any atom is 0.230 e. The number of nitrogens with one attached hydrogen (secondary N) is 1. The monoisotopic (exact) mass is 314 g/mol. The van der Waals surface area contributed by atoms with E-state index in [-0.39, 0.29) is 23.9 Å². The van der Waals surface area contributed by atoms with Gasteiger partial charge in [-0.1, -0.05) is 31.0 Å². The average molecular weight is 315 g/mol. The topological polar surface area (TPSA) is 55.1 Å². The van der Waals surface area contributed by atoms with Crippen molar-refractivity contribution >= 4 is 30.1 Å². The highest BCUT2D eigenvalue weighted by Gasteiger charge is 2.33. The van der Waals surface area contributed by atoms with Crippen LogP contribution in [0.5, 0.6) is 0 Å². The Morgan fingerprint density at radius 2 is 2.00 bits per heavy atom. The lowest BCUT2D eigenvalue weighted by Gasteiger charge is -2.28. The van der Waals surface area contributed by atoms with E-state index in [1.165, 1.54) is 23.3 Å². The minimum atomic E-state index is -0.136. The van der Waals surface area contributed by atoms with Crippen LogP contribution in [0.1, 0.15) is 31.2 Å². The van der Waals surface area contributed by atoms with E-state index >= 15 is 0 Å². The third-order valence-electron chi connectivity index (χ3n) is 3.81. The van der Waals surface area contributed by atoms with Gasteiger partial charge in [0.05, 0.1) is 11.3 Å². The van der Waals surface area contributed by atoms with Gasteiger partial charge < -0.3 is 11.1 Å². The molecule has 0 saturated heterocycles. The standard InChI is InChI=1S/C15H22N2OS.ClH/c1-12-6-2-3-7-13(12)19-10-14(18)17-15(11-16)8-4-5-9-15;/h2-3,6-7H,4-5,8-11,16H2,1H3,(H,17,18);1H. The summed E-state index contributed by atoms with van der Waals surface area (Å²) in [6.07, 6.45) is 4.37. The Kier molecular flexibility index (Phi) is 6.86. The predicted molar refractivity (Wildman–Crippen MR) is 87.5 cm³/mol. The molecule has 20 heavy (non-hydrogen) atoms. The fraction of sp³-hybridized carbons (Fsp3) is 0.533. The van der Waals surface area contributed by atoms with Gasteiger partial charge in [-0.25, -0.2) is 0 Å². The summed E-state index contributed by atoms with van der Waals surface area (Å²) in [5.74, 6) is 0.563. The molecule has 1 amide bonds. The minimum absolute atomic E-state index is 0. The maximum atomic E-state index is 12.1. The van der Waals surface area contributed by atoms with Crippen molar-refractivity contribution in [3.8, 4) is 0 Å². The Hall–Kier alpha value is -0.710. The van der Waals surface area contributed by atoms with Crippen molar-refractivity contribution in [3.05, 3.63) is 29.8 Å². The van der Waals surface area contributed by atoms with Gasteiger partial charge in [0.15, 0.2) is 0 Å². The second-order valence-electron chi connectivity index (χ2n) is 5.29. The Labute approximate surface area is 131 Å². The molecule has 3 nitrogen and oxygen atoms in total. The first-order valence-corrected chi connectivity index (χ1v) is 7.83. The summed E-state index contributed by atoms with van der Waals surface area (Å²) in [7, 11) is 0. The van der Waals surface area contributed by atoms with E-state index in [4.69, 9.17) is 5.73 Å². The number of amides is 1. The molecule has 0 radical (unpaired) electrons. The van der Waals surface area contributed by atoms with Gasteiger partial charge in [-0.05, 0) is 31.4 Å². The molecule has 1 aliphatic carbocycles. The molecule has 1 fully saturated rings. The van der Waals surface area contributed by atoms with Crippen LogP contribution in [0.2, 0.25) is 0 Å². The third kappa shape index (κ3) is 4.40. The summed E-state index contributed by atoms with van der Waals surface area (Å²) in [4.78, 5) is 13.2. The highest BCUT2D eigenvalue weighted by atomic mass is 35.5. The van der Waals surface area contributed by atoms with Crippen LogP contribution in [0, 0.1) is 6.92 Å². The summed E-state index contributed by atoms with van der Waals surface area (Å²) in [6.45, 7) is 2.62. The number of nitrogens with two attached hydrogens (primary N) is 1. The smallest absolute Gasteiger partial charge is 0.230 e. The van der Waals surface area contributed by atoms with Crippen LogP contribution in [0.15, 0.2) is 29.2 Å². The first-order valence-electron chi connectivity index (χ1n) is 6.85. The van der Waals surface area contributed by atoms with Gasteiger partial charge in [-0.3, -0.25) is 4.79 Å². The van der Waals surface area contributed by atoms with Crippen LogP contribution in [0.25, 0.3) is 0 Å². The number of hydrogen-bond acceptors (Lipinski definition) is 3. The van der Waals surface area contributed by atoms with Crippen molar-refractivity contribution in [2.24, 2.45) is 5.73 Å². The molecule has 0 heterocycles. The van der Waals surface area contributed by atoms with E-state index in [9.17, 15) is 4.79 Å². The lowest BCUT2D eigenvalue weighted by atomic mass is 9.98. The molecule has 0 unspecified atom stereocenters. The first-order chi connectivity index (χ1) is 9.15. The molecular weight excluding hydrogens is 292 g/mol. The van der Waals surface area contributed by atoms with Gasteiger partial charge in [0.1, 0.15) is 0 Å². The predicted octanol–water partition coefficient (Wildman–Crippen LogP) is 2.90. The average Bonchev–Trinajstić information content (AvgIpc) is 2.87. The number of benzene rings is 1. The molecule has 5 heteroatoms. The Bertz CT molecular complexity index is 447. The molecule has 0 aromatic heterocycles. The third-order valence-corrected chi connectivity index (χ3v) is 4.98. The molecular formula is C15H23ClN2OS. The SMILES string of the molecule is Cc1ccccc1SCC(=O)NC1(CN)CCCC1.Cl. The normalized spacial score (nSPS) is 16.5. The quantitative estimate of drug-likeness (QED) is 0.822. The van der Waals surface area contributed by atoms with E-state index in [1.54, 1.807) is 11.8 Å². The van der Waals surface area contributed by atoms with Gasteiger partial charge in [0.2, 0.25) is 5.91 Å². The molecule has 0 aliphatic heterocycles. The zero-order valence-corrected chi connectivity index (χ0v) is 13.5. The lowest BCUT2D eigenvalue weighted by molar-refractivity contribution is -0.120. The van der Waals surface area contributed by atoms with E-state index in [2.05, 4.69) is 24.4 Å². The van der Waals surface area contributed by atoms with Crippen molar-refractivity contribution in [1.29, 1.82) is 0 Å². The summed E-state index contributed by atoms with van der Waals surface area (Å²) < 4.78 is 0. The van der Waals surface area contributed by atoms with Gasteiger partial charge in [0.25, 0.3) is 0 Å². The highest BCUT2D eigenvalue weighted by molar-refractivity contribution is 8.00. The first kappa shape index (κ1) is 17.3. The van der Waals surface area contributed by atoms with Crippen molar-refractivity contribution in [2.75, 3.05) is 12.3 Å². The van der Waals surface area contributed by atoms with Gasteiger partial charge in [0, 0.05) is 11.4 Å². The lowest BCUT2D eigenvalue weighted by Crippen LogP contribution is -2.52. The van der Waals surface area contributed by atoms with Crippen LogP contribution in [0.4, 0.5) is 0 Å². The fourth-order valence-electron chi connectivity index (χ4n) is 2.63. The van der Waals surface area contributed by atoms with Crippen molar-refractivity contribution in [2.45, 2.75) is 43.0 Å². The number of carbonyl (C=O) groups excluding carboxylic acids is 1. The molecule has 1 saturated carbocycles. The molecule has 0 spiro atoms. The van der Waals surface area contributed by atoms with E-state index in [0.29, 0.717) is 12.3 Å². The summed E-state index contributed by atoms with van der Waals surface area (Å²) in [6, 6.07) is 8.15. The summed E-state index contributed by atoms with van der Waals surface area (Å²) >= 11 is 1.59. The number of carbonyl (C=O) groups is 1. The van der Waals surface area contributed by atoms with Crippen molar-refractivity contribution < 1.29 is 4.79 Å². The molecule has 3 N–H and O–H groups in total. The largest absolute Gasteiger partial charge is 0.349 e. The highest BCUT2D eigenvalue weighted by Crippen LogP contribution is 2.29. The van der Waals surface area contributed by atoms with Crippen LogP contribution in [-0.2, 0) is 4.79 Å². The zero-order valence-electron chi connectivity index (χ0n) is 11.9. The van der Waals surface area contributed by atoms with Crippen LogP contribution in [0.3, 0.4) is 0 Å². The molecule has 0 bridgehead atoms. The molecule has 112 valence electrons. The van der Waals surface area contributed by atoms with Crippen LogP contribution >= 0.6 is 24.2 Å². The summed E-state index contributed by atoms with van der Waals surface area (Å²) in [5, 5.41) is 3.15. The Morgan fingerprint density at radius 1 is 1.35 bits per heavy atom. The second-order valence-corrected chi connectivity index (χ2v) is 6.31. The number of hydrogen-bond donors (Lipinski definition) is 2. The van der Waals surface area contributed by atoms with E-state index in [0.717, 1.165) is 12.8 Å². The van der Waals surface area contributed by atoms with Gasteiger partial charge in [-0.2, -0.15) is 0 Å². The zero-order chi connectivity index (χ0) is 13.7. The molecule has 2 rings (SSSR count). The van der Waals surface area contributed by atoms with Gasteiger partial charge >= 0.3 is 0 Å². The number of thioether (sulfide) groups is 1. The Balaban J connectivity index is 0.00000200. The number of halogens is 1. The van der Waals surface area contributed by atoms with E-state index in [1.807, 2.05) is 12.1 Å². The molecule has 1 aromatic rings. The Morgan fingerprint density at radius 3 is 2.60 bits per heavy atom. The van der Waals surface area contributed by atoms with Crippen molar-refractivity contribution in [3.63, 3.8) is 0 Å². The molecule has 1 aliphatic rings. The van der Waals surface area contributed by atoms with Gasteiger partial charge in [-0.15, -0.1) is 24.2 Å². The maximum absolute atomic E-state index is 12.1. The number of aryl methyl sites for hydroxylation is 1. The second kappa shape index (κ2) is 7.91. The minimum Gasteiger partial charge on any atom is -0.349 e. The summed E-state index contributed by atoms with van der Waals surface area (Å²) in [5.41, 5.74) is 6.91. The number of rotatable bonds is 5. The van der Waals surface area contributed by atoms with Crippen LogP contribution in [-0.4, -0.2) is 23.7 Å². The molecule has 1 aromatic carbocycles. The molecule has 0 atom stereocenters. The van der Waals surface area contributed by atoms with E-state index < -0.39 is 0 Å². The van der Waals surface area contributed by atoms with Crippen LogP contribution < -0.4 is 11.1 Å². The fourth-order valence-corrected chi connectivity index (χ4v) is 3.45. The van der Waals surface area contributed by atoms with Crippen molar-refractivity contribution in [1.82, 2.24) is 5.32 Å².